The van der Waals surface area contributed by atoms with Crippen molar-refractivity contribution in [3.63, 3.8) is 0 Å². The van der Waals surface area contributed by atoms with Crippen LogP contribution in [0.15, 0.2) is 34.9 Å². The van der Waals surface area contributed by atoms with Crippen molar-refractivity contribution in [2.24, 2.45) is 0 Å². The van der Waals surface area contributed by atoms with Crippen molar-refractivity contribution >= 4 is 5.97 Å². The lowest BCUT2D eigenvalue weighted by molar-refractivity contribution is -0.132. The van der Waals surface area contributed by atoms with Crippen molar-refractivity contribution < 1.29 is 30.0 Å². The molecule has 6 heteroatoms. The van der Waals surface area contributed by atoms with E-state index in [0.29, 0.717) is 11.1 Å². The first-order valence-electron chi connectivity index (χ1n) is 8.83. The Morgan fingerprint density at radius 3 is 2.64 bits per heavy atom. The van der Waals surface area contributed by atoms with Gasteiger partial charge in [-0.2, -0.15) is 0 Å². The Hall–Kier alpha value is -1.47. The van der Waals surface area contributed by atoms with Gasteiger partial charge in [-0.1, -0.05) is 38.0 Å². The van der Waals surface area contributed by atoms with E-state index >= 15 is 0 Å². The summed E-state index contributed by atoms with van der Waals surface area (Å²) >= 11 is 0. The van der Waals surface area contributed by atoms with Crippen LogP contribution in [0, 0.1) is 0 Å². The largest absolute Gasteiger partial charge is 0.478 e. The van der Waals surface area contributed by atoms with E-state index in [4.69, 9.17) is 9.84 Å². The summed E-state index contributed by atoms with van der Waals surface area (Å²) < 4.78 is 5.60. The smallest absolute Gasteiger partial charge is 0.330 e. The SMILES string of the molecule is CCCCCC=CC1=C(CO)C(O)C2OC2(CC=C(C)C(=O)O)C1O. The monoisotopic (exact) mass is 352 g/mol. The predicted octanol–water partition coefficient (Wildman–Crippen LogP) is 1.71. The molecule has 0 aromatic rings. The molecule has 4 N–H and O–H groups in total. The van der Waals surface area contributed by atoms with E-state index in [0.717, 1.165) is 25.7 Å². The minimum absolute atomic E-state index is 0.166. The molecule has 6 nitrogen and oxygen atoms in total. The molecule has 1 heterocycles. The molecule has 25 heavy (non-hydrogen) atoms. The van der Waals surface area contributed by atoms with Crippen LogP contribution < -0.4 is 0 Å². The summed E-state index contributed by atoms with van der Waals surface area (Å²) in [7, 11) is 0. The third-order valence-electron chi connectivity index (χ3n) is 5.05. The van der Waals surface area contributed by atoms with Gasteiger partial charge < -0.3 is 25.2 Å². The summed E-state index contributed by atoms with van der Waals surface area (Å²) in [6.07, 6.45) is 6.89. The average molecular weight is 352 g/mol. The molecule has 0 spiro atoms. The molecule has 1 saturated heterocycles. The number of epoxide rings is 1. The van der Waals surface area contributed by atoms with E-state index in [1.807, 2.05) is 6.08 Å². The summed E-state index contributed by atoms with van der Waals surface area (Å²) in [5, 5.41) is 39.8. The zero-order valence-electron chi connectivity index (χ0n) is 14.8. The fraction of sp³-hybridized carbons (Fsp3) is 0.632. The fourth-order valence-corrected chi connectivity index (χ4v) is 3.33. The number of allylic oxidation sites excluding steroid dienone is 1. The van der Waals surface area contributed by atoms with Gasteiger partial charge in [0, 0.05) is 12.0 Å². The third-order valence-corrected chi connectivity index (χ3v) is 5.05. The van der Waals surface area contributed by atoms with Gasteiger partial charge in [-0.05, 0) is 30.9 Å². The zero-order chi connectivity index (χ0) is 18.6. The molecule has 0 saturated carbocycles. The minimum atomic E-state index is -1.03. The van der Waals surface area contributed by atoms with E-state index in [9.17, 15) is 20.1 Å². The number of ether oxygens (including phenoxy) is 1. The summed E-state index contributed by atoms with van der Waals surface area (Å²) in [6.45, 7) is 3.25. The van der Waals surface area contributed by atoms with Crippen LogP contribution >= 0.6 is 0 Å². The Morgan fingerprint density at radius 1 is 1.32 bits per heavy atom. The van der Waals surface area contributed by atoms with Crippen LogP contribution in [0.2, 0.25) is 0 Å². The van der Waals surface area contributed by atoms with Gasteiger partial charge in [0.25, 0.3) is 0 Å². The number of carbonyl (C=O) groups is 1. The molecule has 1 fully saturated rings. The first kappa shape index (κ1) is 19.8. The van der Waals surface area contributed by atoms with Crippen molar-refractivity contribution in [1.29, 1.82) is 0 Å². The maximum Gasteiger partial charge on any atom is 0.330 e. The topological polar surface area (TPSA) is 111 Å². The Kier molecular flexibility index (Phi) is 6.57. The van der Waals surface area contributed by atoms with E-state index in [2.05, 4.69) is 6.92 Å². The third kappa shape index (κ3) is 4.03. The van der Waals surface area contributed by atoms with Crippen molar-refractivity contribution in [2.45, 2.75) is 69.9 Å². The van der Waals surface area contributed by atoms with Crippen molar-refractivity contribution in [3.05, 3.63) is 34.9 Å². The molecule has 1 aliphatic carbocycles. The molecule has 140 valence electrons. The number of fused-ring (bicyclic) bond motifs is 1. The fourth-order valence-electron chi connectivity index (χ4n) is 3.33. The molecule has 0 bridgehead atoms. The van der Waals surface area contributed by atoms with Crippen LogP contribution in [0.3, 0.4) is 0 Å². The predicted molar refractivity (Wildman–Crippen MR) is 93.0 cm³/mol. The molecule has 0 aromatic heterocycles. The normalized spacial score (nSPS) is 32.2. The Balaban J connectivity index is 2.19. The standard InChI is InChI=1S/C19H28O6/c1-3-4-5-6-7-8-13-14(11-20)15(21)17-19(25-17,16(13)22)10-9-12(2)18(23)24/h7-9,15-17,20-22H,3-6,10-11H2,1-2H3,(H,23,24). The van der Waals surface area contributed by atoms with Gasteiger partial charge in [0.2, 0.25) is 0 Å². The molecule has 0 aromatic carbocycles. The summed E-state index contributed by atoms with van der Waals surface area (Å²) in [5.74, 6) is -1.03. The number of hydrogen-bond donors (Lipinski definition) is 4. The van der Waals surface area contributed by atoms with Crippen LogP contribution in [0.4, 0.5) is 0 Å². The molecule has 4 atom stereocenters. The summed E-state index contributed by atoms with van der Waals surface area (Å²) in [6, 6.07) is 0. The number of carboxylic acids is 1. The van der Waals surface area contributed by atoms with Crippen LogP contribution in [-0.2, 0) is 9.53 Å². The number of aliphatic carboxylic acids is 1. The highest BCUT2D eigenvalue weighted by Gasteiger charge is 2.67. The van der Waals surface area contributed by atoms with E-state index in [1.165, 1.54) is 13.0 Å². The second-order valence-electron chi connectivity index (χ2n) is 6.77. The van der Waals surface area contributed by atoms with E-state index in [-0.39, 0.29) is 18.6 Å². The lowest BCUT2D eigenvalue weighted by Crippen LogP contribution is -2.43. The van der Waals surface area contributed by atoms with Crippen LogP contribution in [0.1, 0.15) is 46.0 Å². The van der Waals surface area contributed by atoms with E-state index in [1.54, 1.807) is 6.08 Å². The zero-order valence-corrected chi connectivity index (χ0v) is 14.8. The quantitative estimate of drug-likeness (QED) is 0.286. The van der Waals surface area contributed by atoms with Crippen molar-refractivity contribution in [3.8, 4) is 0 Å². The van der Waals surface area contributed by atoms with Gasteiger partial charge >= 0.3 is 5.97 Å². The first-order valence-corrected chi connectivity index (χ1v) is 8.83. The molecule has 4 unspecified atom stereocenters. The van der Waals surface area contributed by atoms with Gasteiger partial charge in [-0.25, -0.2) is 4.79 Å². The Bertz CT molecular complexity index is 591. The number of carboxylic acid groups (broad SMARTS) is 1. The second-order valence-corrected chi connectivity index (χ2v) is 6.77. The lowest BCUT2D eigenvalue weighted by atomic mass is 9.77. The van der Waals surface area contributed by atoms with Gasteiger partial charge in [-0.15, -0.1) is 0 Å². The minimum Gasteiger partial charge on any atom is -0.478 e. The Labute approximate surface area is 148 Å². The first-order chi connectivity index (χ1) is 11.9. The number of rotatable bonds is 9. The lowest BCUT2D eigenvalue weighted by Gasteiger charge is -2.29. The highest BCUT2D eigenvalue weighted by molar-refractivity contribution is 5.85. The van der Waals surface area contributed by atoms with Gasteiger partial charge in [-0.3, -0.25) is 0 Å². The highest BCUT2D eigenvalue weighted by Crippen LogP contribution is 2.52. The highest BCUT2D eigenvalue weighted by atomic mass is 16.6. The maximum absolute atomic E-state index is 11.0. The molecular formula is C19H28O6. The maximum atomic E-state index is 11.0. The van der Waals surface area contributed by atoms with Crippen LogP contribution in [0.25, 0.3) is 0 Å². The van der Waals surface area contributed by atoms with Gasteiger partial charge in [0.05, 0.1) is 6.61 Å². The molecular weight excluding hydrogens is 324 g/mol. The van der Waals surface area contributed by atoms with Crippen molar-refractivity contribution in [2.75, 3.05) is 6.61 Å². The second kappa shape index (κ2) is 8.27. The number of hydrogen-bond acceptors (Lipinski definition) is 5. The number of aliphatic hydroxyl groups is 3. The molecule has 0 radical (unpaired) electrons. The van der Waals surface area contributed by atoms with Crippen molar-refractivity contribution in [1.82, 2.24) is 0 Å². The summed E-state index contributed by atoms with van der Waals surface area (Å²) in [4.78, 5) is 11.0. The molecule has 2 rings (SSSR count). The number of unbranched alkanes of at least 4 members (excludes halogenated alkanes) is 3. The molecule has 0 amide bonds. The molecule has 2 aliphatic rings. The van der Waals surface area contributed by atoms with Gasteiger partial charge in [0.1, 0.15) is 23.9 Å². The van der Waals surface area contributed by atoms with Gasteiger partial charge in [0.15, 0.2) is 0 Å². The number of aliphatic hydroxyl groups excluding tert-OH is 3. The molecule has 1 aliphatic heterocycles. The van der Waals surface area contributed by atoms with Crippen LogP contribution in [0.5, 0.6) is 0 Å². The van der Waals surface area contributed by atoms with Crippen LogP contribution in [-0.4, -0.2) is 56.9 Å². The average Bonchev–Trinajstić information content (AvgIpc) is 3.33. The summed E-state index contributed by atoms with van der Waals surface area (Å²) in [5.41, 5.74) is -0.00502. The Morgan fingerprint density at radius 2 is 2.04 bits per heavy atom. The van der Waals surface area contributed by atoms with E-state index < -0.39 is 29.9 Å².